The van der Waals surface area contributed by atoms with Crippen LogP contribution in [0, 0.1) is 19.8 Å². The molecule has 0 unspecified atom stereocenters. The van der Waals surface area contributed by atoms with E-state index in [2.05, 4.69) is 50.7 Å². The summed E-state index contributed by atoms with van der Waals surface area (Å²) in [5, 5.41) is 14.7. The zero-order valence-electron chi connectivity index (χ0n) is 19.7. The third-order valence-electron chi connectivity index (χ3n) is 6.46. The molecule has 0 aromatic carbocycles. The molecule has 4 aromatic rings. The highest BCUT2D eigenvalue weighted by Crippen LogP contribution is 2.41. The lowest BCUT2D eigenvalue weighted by Crippen LogP contribution is -2.39. The summed E-state index contributed by atoms with van der Waals surface area (Å²) in [6.45, 7) is 6.09. The van der Waals surface area contributed by atoms with Gasteiger partial charge in [0.25, 0.3) is 0 Å². The second kappa shape index (κ2) is 9.21. The van der Waals surface area contributed by atoms with Crippen LogP contribution in [0.1, 0.15) is 65.6 Å². The van der Waals surface area contributed by atoms with Crippen LogP contribution in [0.4, 0.5) is 0 Å². The molecule has 4 heterocycles. The Bertz CT molecular complexity index is 1270. The van der Waals surface area contributed by atoms with E-state index >= 15 is 0 Å². The van der Waals surface area contributed by atoms with E-state index < -0.39 is 0 Å². The number of hydrogen-bond donors (Lipinski definition) is 2. The maximum absolute atomic E-state index is 12.8. The minimum Gasteiger partial charge on any atom is -0.349 e. The first-order chi connectivity index (χ1) is 16.4. The van der Waals surface area contributed by atoms with Crippen LogP contribution in [0.15, 0.2) is 55.0 Å². The Morgan fingerprint density at radius 2 is 2.06 bits per heavy atom. The zero-order valence-corrected chi connectivity index (χ0v) is 19.7. The molecule has 1 atom stereocenters. The van der Waals surface area contributed by atoms with Gasteiger partial charge in [0.2, 0.25) is 5.91 Å². The van der Waals surface area contributed by atoms with Crippen molar-refractivity contribution in [3.8, 4) is 5.82 Å². The van der Waals surface area contributed by atoms with Gasteiger partial charge in [0.05, 0.1) is 11.7 Å². The van der Waals surface area contributed by atoms with Crippen molar-refractivity contribution in [2.45, 2.75) is 52.0 Å². The molecule has 1 fully saturated rings. The standard InChI is InChI=1S/C26H29N7O/c1-16-9-22(14-23-11-17(2)31-32-23)30-24(10-16)20-12-21(13-20)26(34)29-18(3)19-5-6-25(27-15-19)33-8-4-7-28-33/h4-11,15,18,20-21H,12-14H2,1-3H3,(H,29,34)(H,31,32)/t18-,20?,21?/m1/s1. The maximum atomic E-state index is 12.8. The van der Waals surface area contributed by atoms with E-state index in [0.717, 1.165) is 47.0 Å². The van der Waals surface area contributed by atoms with Crippen LogP contribution in [-0.4, -0.2) is 35.9 Å². The zero-order chi connectivity index (χ0) is 23.7. The van der Waals surface area contributed by atoms with E-state index in [1.807, 2.05) is 38.2 Å². The summed E-state index contributed by atoms with van der Waals surface area (Å²) < 4.78 is 1.71. The van der Waals surface area contributed by atoms with Gasteiger partial charge in [0.15, 0.2) is 5.82 Å². The molecule has 0 spiro atoms. The number of H-pyrrole nitrogens is 1. The van der Waals surface area contributed by atoms with Crippen LogP contribution in [0.5, 0.6) is 0 Å². The summed E-state index contributed by atoms with van der Waals surface area (Å²) >= 11 is 0. The van der Waals surface area contributed by atoms with Gasteiger partial charge >= 0.3 is 0 Å². The Hall–Kier alpha value is -3.81. The van der Waals surface area contributed by atoms with Crippen LogP contribution >= 0.6 is 0 Å². The number of aryl methyl sites for hydroxylation is 2. The molecule has 174 valence electrons. The van der Waals surface area contributed by atoms with E-state index in [9.17, 15) is 4.79 Å². The number of aromatic nitrogens is 6. The molecule has 0 aliphatic heterocycles. The highest BCUT2D eigenvalue weighted by molar-refractivity contribution is 5.80. The topological polar surface area (TPSA) is 101 Å². The lowest BCUT2D eigenvalue weighted by atomic mass is 9.72. The fourth-order valence-electron chi connectivity index (χ4n) is 4.50. The SMILES string of the molecule is Cc1cc(Cc2cc(C)[nH]n2)nc(C2CC(C(=O)N[C@H](C)c3ccc(-n4cccn4)nc3)C2)c1. The molecule has 1 aliphatic carbocycles. The first-order valence-electron chi connectivity index (χ1n) is 11.7. The maximum Gasteiger partial charge on any atom is 0.223 e. The monoisotopic (exact) mass is 455 g/mol. The smallest absolute Gasteiger partial charge is 0.223 e. The number of hydrogen-bond acceptors (Lipinski definition) is 5. The minimum absolute atomic E-state index is 0.0171. The van der Waals surface area contributed by atoms with Crippen molar-refractivity contribution in [3.05, 3.63) is 88.9 Å². The van der Waals surface area contributed by atoms with E-state index in [1.54, 1.807) is 17.1 Å². The number of nitrogens with one attached hydrogen (secondary N) is 2. The molecule has 8 nitrogen and oxygen atoms in total. The molecule has 2 N–H and O–H groups in total. The molecule has 1 saturated carbocycles. The lowest BCUT2D eigenvalue weighted by Gasteiger charge is -2.35. The molecule has 1 amide bonds. The third-order valence-corrected chi connectivity index (χ3v) is 6.46. The molecule has 0 radical (unpaired) electrons. The predicted molar refractivity (Wildman–Crippen MR) is 128 cm³/mol. The van der Waals surface area contributed by atoms with Gasteiger partial charge in [-0.05, 0) is 75.1 Å². The molecule has 4 aromatic heterocycles. The number of nitrogens with zero attached hydrogens (tertiary/aromatic N) is 5. The normalized spacial score (nSPS) is 18.3. The van der Waals surface area contributed by atoms with Crippen molar-refractivity contribution in [1.29, 1.82) is 0 Å². The Labute approximate surface area is 198 Å². The number of aromatic amines is 1. The summed E-state index contributed by atoms with van der Waals surface area (Å²) in [7, 11) is 0. The summed E-state index contributed by atoms with van der Waals surface area (Å²) in [4.78, 5) is 22.2. The number of carbonyl (C=O) groups excluding carboxylic acids is 1. The third kappa shape index (κ3) is 4.76. The van der Waals surface area contributed by atoms with Crippen molar-refractivity contribution in [1.82, 2.24) is 35.3 Å². The largest absolute Gasteiger partial charge is 0.349 e. The van der Waals surface area contributed by atoms with Gasteiger partial charge in [0, 0.05) is 53.9 Å². The molecule has 0 bridgehead atoms. The second-order valence-electron chi connectivity index (χ2n) is 9.28. The van der Waals surface area contributed by atoms with Gasteiger partial charge in [0.1, 0.15) is 0 Å². The highest BCUT2D eigenvalue weighted by Gasteiger charge is 2.36. The van der Waals surface area contributed by atoms with Gasteiger partial charge in [-0.2, -0.15) is 10.2 Å². The van der Waals surface area contributed by atoms with Crippen LogP contribution in [0.2, 0.25) is 0 Å². The van der Waals surface area contributed by atoms with Gasteiger partial charge in [-0.15, -0.1) is 0 Å². The molecule has 34 heavy (non-hydrogen) atoms. The lowest BCUT2D eigenvalue weighted by molar-refractivity contribution is -0.128. The van der Waals surface area contributed by atoms with Gasteiger partial charge in [-0.25, -0.2) is 9.67 Å². The van der Waals surface area contributed by atoms with Crippen molar-refractivity contribution in [2.24, 2.45) is 5.92 Å². The average Bonchev–Trinajstić information content (AvgIpc) is 3.44. The Morgan fingerprint density at radius 1 is 1.21 bits per heavy atom. The van der Waals surface area contributed by atoms with E-state index in [4.69, 9.17) is 4.98 Å². The first-order valence-corrected chi connectivity index (χ1v) is 11.7. The molecule has 8 heteroatoms. The average molecular weight is 456 g/mol. The van der Waals surface area contributed by atoms with Crippen molar-refractivity contribution in [2.75, 3.05) is 0 Å². The van der Waals surface area contributed by atoms with Crippen LogP contribution < -0.4 is 5.32 Å². The van der Waals surface area contributed by atoms with E-state index in [0.29, 0.717) is 12.3 Å². The van der Waals surface area contributed by atoms with Crippen LogP contribution in [0.25, 0.3) is 5.82 Å². The summed E-state index contributed by atoms with van der Waals surface area (Å²) in [6, 6.07) is 12.0. The number of rotatable bonds is 7. The van der Waals surface area contributed by atoms with Crippen molar-refractivity contribution in [3.63, 3.8) is 0 Å². The number of pyridine rings is 2. The molecular formula is C26H29N7O. The minimum atomic E-state index is -0.105. The first kappa shape index (κ1) is 22.0. The molecule has 1 aliphatic rings. The highest BCUT2D eigenvalue weighted by atomic mass is 16.2. The van der Waals surface area contributed by atoms with E-state index in [1.165, 1.54) is 5.56 Å². The van der Waals surface area contributed by atoms with Crippen molar-refractivity contribution < 1.29 is 4.79 Å². The summed E-state index contributed by atoms with van der Waals surface area (Å²) in [5.74, 6) is 1.19. The van der Waals surface area contributed by atoms with Crippen LogP contribution in [-0.2, 0) is 11.2 Å². The Morgan fingerprint density at radius 3 is 2.74 bits per heavy atom. The van der Waals surface area contributed by atoms with Gasteiger partial charge in [-0.1, -0.05) is 6.07 Å². The van der Waals surface area contributed by atoms with E-state index in [-0.39, 0.29) is 17.9 Å². The Kier molecular flexibility index (Phi) is 5.96. The quantitative estimate of drug-likeness (QED) is 0.439. The van der Waals surface area contributed by atoms with Gasteiger partial charge in [-0.3, -0.25) is 14.9 Å². The Balaban J connectivity index is 1.17. The summed E-state index contributed by atoms with van der Waals surface area (Å²) in [6.07, 6.45) is 7.73. The van der Waals surface area contributed by atoms with Gasteiger partial charge < -0.3 is 5.32 Å². The fourth-order valence-corrected chi connectivity index (χ4v) is 4.50. The number of amides is 1. The summed E-state index contributed by atoms with van der Waals surface area (Å²) in [5.41, 5.74) is 6.31. The fraction of sp³-hybridized carbons (Fsp3) is 0.346. The number of carbonyl (C=O) groups is 1. The molecule has 0 saturated heterocycles. The van der Waals surface area contributed by atoms with Crippen molar-refractivity contribution >= 4 is 5.91 Å². The molecular weight excluding hydrogens is 426 g/mol. The predicted octanol–water partition coefficient (Wildman–Crippen LogP) is 3.96. The molecule has 5 rings (SSSR count). The second-order valence-corrected chi connectivity index (χ2v) is 9.28. The van der Waals surface area contributed by atoms with Crippen LogP contribution in [0.3, 0.4) is 0 Å².